The number of benzene rings is 2. The summed E-state index contributed by atoms with van der Waals surface area (Å²) < 4.78 is 28.8. The first kappa shape index (κ1) is 19.1. The van der Waals surface area contributed by atoms with Gasteiger partial charge >= 0.3 is 6.03 Å². The summed E-state index contributed by atoms with van der Waals surface area (Å²) >= 11 is 5.85. The molecule has 30 heavy (non-hydrogen) atoms. The van der Waals surface area contributed by atoms with E-state index >= 15 is 0 Å². The summed E-state index contributed by atoms with van der Waals surface area (Å²) in [5.41, 5.74) is 3.12. The molecule has 1 aliphatic heterocycles. The highest BCUT2D eigenvalue weighted by atomic mass is 35.5. The number of amides is 2. The van der Waals surface area contributed by atoms with Crippen LogP contribution in [0, 0.1) is 11.6 Å². The average Bonchev–Trinajstić information content (AvgIpc) is 3.37. The van der Waals surface area contributed by atoms with Crippen LogP contribution < -0.4 is 5.32 Å². The summed E-state index contributed by atoms with van der Waals surface area (Å²) in [5, 5.41) is 7.40. The highest BCUT2D eigenvalue weighted by Gasteiger charge is 2.42. The van der Waals surface area contributed by atoms with Crippen molar-refractivity contribution in [3.8, 4) is 11.1 Å². The van der Waals surface area contributed by atoms with E-state index in [0.717, 1.165) is 36.1 Å². The fourth-order valence-electron chi connectivity index (χ4n) is 4.54. The first-order valence-corrected chi connectivity index (χ1v) is 10.2. The van der Waals surface area contributed by atoms with E-state index in [1.165, 1.54) is 30.3 Å². The summed E-state index contributed by atoms with van der Waals surface area (Å²) in [7, 11) is 0. The molecule has 0 bridgehead atoms. The number of anilines is 1. The van der Waals surface area contributed by atoms with Gasteiger partial charge in [-0.15, -0.1) is 0 Å². The zero-order valence-corrected chi connectivity index (χ0v) is 16.7. The van der Waals surface area contributed by atoms with Crippen LogP contribution >= 0.6 is 11.6 Å². The number of rotatable bonds is 2. The Morgan fingerprint density at radius 3 is 2.63 bits per heavy atom. The van der Waals surface area contributed by atoms with Crippen molar-refractivity contribution >= 4 is 23.3 Å². The Labute approximate surface area is 177 Å². The standard InChI is InChI=1S/C22H19ClF2N4O/c23-17-10-15(8-9-18(17)25)27-22(30)28-12-21-16(13-4-6-14(24)7-5-13)11-26-29(21)20-3-1-2-19(20)28/h4-11,19-20H,1-3,12H2,(H,27,30)/t19-,20+/m1/s1. The summed E-state index contributed by atoms with van der Waals surface area (Å²) in [6.45, 7) is 0.384. The van der Waals surface area contributed by atoms with Gasteiger partial charge in [0.15, 0.2) is 0 Å². The van der Waals surface area contributed by atoms with Crippen molar-refractivity contribution in [3.05, 3.63) is 71.0 Å². The number of halogens is 3. The summed E-state index contributed by atoms with van der Waals surface area (Å²) in [6.07, 6.45) is 4.63. The monoisotopic (exact) mass is 428 g/mol. The predicted octanol–water partition coefficient (Wildman–Crippen LogP) is 5.62. The van der Waals surface area contributed by atoms with E-state index in [0.29, 0.717) is 12.2 Å². The molecule has 2 aromatic carbocycles. The van der Waals surface area contributed by atoms with Gasteiger partial charge in [0.1, 0.15) is 11.6 Å². The Morgan fingerprint density at radius 1 is 1.10 bits per heavy atom. The molecule has 1 N–H and O–H groups in total. The van der Waals surface area contributed by atoms with E-state index in [1.54, 1.807) is 18.3 Å². The van der Waals surface area contributed by atoms with Crippen LogP contribution in [-0.4, -0.2) is 26.8 Å². The molecular weight excluding hydrogens is 410 g/mol. The van der Waals surface area contributed by atoms with Crippen LogP contribution in [0.25, 0.3) is 11.1 Å². The van der Waals surface area contributed by atoms with Gasteiger partial charge in [-0.2, -0.15) is 5.10 Å². The second kappa shape index (κ2) is 7.40. The highest BCUT2D eigenvalue weighted by molar-refractivity contribution is 6.31. The second-order valence-corrected chi connectivity index (χ2v) is 8.12. The Hall–Kier alpha value is -2.93. The van der Waals surface area contributed by atoms with E-state index in [4.69, 9.17) is 11.6 Å². The molecule has 2 aliphatic rings. The van der Waals surface area contributed by atoms with Crippen molar-refractivity contribution in [2.24, 2.45) is 0 Å². The molecule has 0 radical (unpaired) electrons. The molecule has 2 atom stereocenters. The Morgan fingerprint density at radius 2 is 1.87 bits per heavy atom. The lowest BCUT2D eigenvalue weighted by Gasteiger charge is -2.38. The molecule has 2 heterocycles. The number of hydrogen-bond acceptors (Lipinski definition) is 2. The van der Waals surface area contributed by atoms with Crippen molar-refractivity contribution in [2.75, 3.05) is 5.32 Å². The van der Waals surface area contributed by atoms with Crippen molar-refractivity contribution in [1.29, 1.82) is 0 Å². The minimum Gasteiger partial charge on any atom is -0.313 e. The van der Waals surface area contributed by atoms with Crippen molar-refractivity contribution in [1.82, 2.24) is 14.7 Å². The normalized spacial score (nSPS) is 20.0. The van der Waals surface area contributed by atoms with Gasteiger partial charge in [0.05, 0.1) is 35.5 Å². The van der Waals surface area contributed by atoms with Crippen LogP contribution in [0.5, 0.6) is 0 Å². The van der Waals surface area contributed by atoms with Gasteiger partial charge in [0, 0.05) is 11.3 Å². The smallest absolute Gasteiger partial charge is 0.313 e. The summed E-state index contributed by atoms with van der Waals surface area (Å²) in [6, 6.07) is 10.3. The van der Waals surface area contributed by atoms with Crippen LogP contribution in [0.1, 0.15) is 31.0 Å². The van der Waals surface area contributed by atoms with Crippen LogP contribution in [0.3, 0.4) is 0 Å². The lowest BCUT2D eigenvalue weighted by atomic mass is 10.0. The molecule has 0 saturated heterocycles. The predicted molar refractivity (Wildman–Crippen MR) is 110 cm³/mol. The third kappa shape index (κ3) is 3.23. The summed E-state index contributed by atoms with van der Waals surface area (Å²) in [4.78, 5) is 14.9. The third-order valence-electron chi connectivity index (χ3n) is 5.96. The van der Waals surface area contributed by atoms with Gasteiger partial charge in [-0.1, -0.05) is 23.7 Å². The quantitative estimate of drug-likeness (QED) is 0.575. The molecule has 1 aromatic heterocycles. The molecule has 5 nitrogen and oxygen atoms in total. The first-order chi connectivity index (χ1) is 14.5. The number of nitrogens with one attached hydrogen (secondary N) is 1. The van der Waals surface area contributed by atoms with Crippen LogP contribution in [0.2, 0.25) is 5.02 Å². The minimum absolute atomic E-state index is 0.0365. The van der Waals surface area contributed by atoms with Gasteiger partial charge in [-0.05, 0) is 55.2 Å². The molecule has 1 saturated carbocycles. The van der Waals surface area contributed by atoms with Gasteiger partial charge in [-0.3, -0.25) is 4.68 Å². The van der Waals surface area contributed by atoms with E-state index in [2.05, 4.69) is 10.4 Å². The first-order valence-electron chi connectivity index (χ1n) is 9.86. The lowest BCUT2D eigenvalue weighted by Crippen LogP contribution is -2.48. The van der Waals surface area contributed by atoms with E-state index in [-0.39, 0.29) is 29.0 Å². The maximum Gasteiger partial charge on any atom is 0.322 e. The number of aromatic nitrogens is 2. The fourth-order valence-corrected chi connectivity index (χ4v) is 4.72. The number of urea groups is 1. The SMILES string of the molecule is O=C(Nc1ccc(F)c(Cl)c1)N1Cc2c(-c3ccc(F)cc3)cnn2[C@H]2CCC[C@H]21. The fraction of sp³-hybridized carbons (Fsp3) is 0.273. The number of carbonyl (C=O) groups excluding carboxylic acids is 1. The topological polar surface area (TPSA) is 50.2 Å². The van der Waals surface area contributed by atoms with Crippen molar-refractivity contribution in [3.63, 3.8) is 0 Å². The van der Waals surface area contributed by atoms with Crippen LogP contribution in [0.15, 0.2) is 48.7 Å². The molecule has 1 fully saturated rings. The van der Waals surface area contributed by atoms with Gasteiger partial charge in [0.2, 0.25) is 0 Å². The molecule has 5 rings (SSSR count). The molecule has 2 amide bonds. The maximum absolute atomic E-state index is 13.4. The maximum atomic E-state index is 13.4. The molecule has 8 heteroatoms. The lowest BCUT2D eigenvalue weighted by molar-refractivity contribution is 0.139. The Balaban J connectivity index is 1.47. The minimum atomic E-state index is -0.531. The van der Waals surface area contributed by atoms with Crippen molar-refractivity contribution < 1.29 is 13.6 Å². The molecule has 1 aliphatic carbocycles. The highest BCUT2D eigenvalue weighted by Crippen LogP contribution is 2.41. The Bertz CT molecular complexity index is 1110. The van der Waals surface area contributed by atoms with Crippen molar-refractivity contribution in [2.45, 2.75) is 37.9 Å². The number of nitrogens with zero attached hydrogens (tertiary/aromatic N) is 3. The van der Waals surface area contributed by atoms with Gasteiger partial charge < -0.3 is 10.2 Å². The van der Waals surface area contributed by atoms with Gasteiger partial charge in [0.25, 0.3) is 0 Å². The van der Waals surface area contributed by atoms with E-state index < -0.39 is 5.82 Å². The zero-order valence-electron chi connectivity index (χ0n) is 16.0. The number of carbonyl (C=O) groups is 1. The van der Waals surface area contributed by atoms with E-state index in [9.17, 15) is 13.6 Å². The number of hydrogen-bond donors (Lipinski definition) is 1. The van der Waals surface area contributed by atoms with Crippen LogP contribution in [0.4, 0.5) is 19.3 Å². The zero-order chi connectivity index (χ0) is 20.8. The largest absolute Gasteiger partial charge is 0.322 e. The molecule has 3 aromatic rings. The van der Waals surface area contributed by atoms with Gasteiger partial charge in [-0.25, -0.2) is 13.6 Å². The third-order valence-corrected chi connectivity index (χ3v) is 6.25. The summed E-state index contributed by atoms with van der Waals surface area (Å²) in [5.74, 6) is -0.828. The van der Waals surface area contributed by atoms with E-state index in [1.807, 2.05) is 9.58 Å². The molecular formula is C22H19ClF2N4O. The number of fused-ring (bicyclic) bond motifs is 3. The molecule has 0 spiro atoms. The second-order valence-electron chi connectivity index (χ2n) is 7.71. The molecule has 0 unspecified atom stereocenters. The molecule has 154 valence electrons. The Kier molecular flexibility index (Phi) is 4.70. The van der Waals surface area contributed by atoms with Crippen LogP contribution in [-0.2, 0) is 6.54 Å². The average molecular weight is 429 g/mol.